The number of nitrogens with zero attached hydrogens (tertiary/aromatic N) is 2. The van der Waals surface area contributed by atoms with Gasteiger partial charge < -0.3 is 9.84 Å². The second kappa shape index (κ2) is 4.90. The van der Waals surface area contributed by atoms with Crippen LogP contribution in [0.1, 0.15) is 41.7 Å². The zero-order chi connectivity index (χ0) is 12.4. The highest BCUT2D eigenvalue weighted by Gasteiger charge is 2.19. The molecule has 0 fully saturated rings. The Morgan fingerprint density at radius 3 is 3.11 bits per heavy atom. The van der Waals surface area contributed by atoms with Crippen molar-refractivity contribution in [3.05, 3.63) is 47.1 Å². The predicted octanol–water partition coefficient (Wildman–Crippen LogP) is 2.55. The fourth-order valence-electron chi connectivity index (χ4n) is 2.59. The smallest absolute Gasteiger partial charge is 0.223 e. The van der Waals surface area contributed by atoms with Crippen molar-refractivity contribution in [1.82, 2.24) is 15.5 Å². The van der Waals surface area contributed by atoms with Crippen LogP contribution in [0.4, 0.5) is 0 Å². The molecule has 0 bridgehead atoms. The molecule has 0 saturated heterocycles. The van der Waals surface area contributed by atoms with Gasteiger partial charge in [-0.05, 0) is 30.4 Å². The van der Waals surface area contributed by atoms with E-state index >= 15 is 0 Å². The van der Waals surface area contributed by atoms with Crippen LogP contribution in [0.2, 0.25) is 0 Å². The fraction of sp³-hybridized carbons (Fsp3) is 0.429. The molecule has 0 aliphatic heterocycles. The van der Waals surface area contributed by atoms with Gasteiger partial charge in [-0.2, -0.15) is 4.98 Å². The van der Waals surface area contributed by atoms with Gasteiger partial charge >= 0.3 is 0 Å². The number of nitrogens with one attached hydrogen (secondary N) is 1. The van der Waals surface area contributed by atoms with Gasteiger partial charge in [-0.25, -0.2) is 0 Å². The summed E-state index contributed by atoms with van der Waals surface area (Å²) in [6, 6.07) is 9.07. The van der Waals surface area contributed by atoms with E-state index < -0.39 is 0 Å². The van der Waals surface area contributed by atoms with E-state index in [1.54, 1.807) is 0 Å². The summed E-state index contributed by atoms with van der Waals surface area (Å²) < 4.78 is 4.97. The molecule has 0 radical (unpaired) electrons. The first-order chi connectivity index (χ1) is 8.83. The third-order valence-corrected chi connectivity index (χ3v) is 3.45. The Balaban J connectivity index is 1.71. The summed E-state index contributed by atoms with van der Waals surface area (Å²) in [5, 5.41) is 7.43. The van der Waals surface area contributed by atoms with Crippen LogP contribution in [0, 0.1) is 6.92 Å². The minimum absolute atomic E-state index is 0.411. The van der Waals surface area contributed by atoms with Crippen molar-refractivity contribution >= 4 is 0 Å². The van der Waals surface area contributed by atoms with Gasteiger partial charge in [-0.1, -0.05) is 29.4 Å². The van der Waals surface area contributed by atoms with Crippen LogP contribution in [-0.2, 0) is 13.0 Å². The summed E-state index contributed by atoms with van der Waals surface area (Å²) in [4.78, 5) is 4.21. The van der Waals surface area contributed by atoms with Crippen LogP contribution >= 0.6 is 0 Å². The molecule has 1 aliphatic rings. The van der Waals surface area contributed by atoms with Crippen LogP contribution in [0.5, 0.6) is 0 Å². The van der Waals surface area contributed by atoms with Crippen LogP contribution in [-0.4, -0.2) is 10.1 Å². The first-order valence-corrected chi connectivity index (χ1v) is 6.43. The van der Waals surface area contributed by atoms with Crippen molar-refractivity contribution in [2.75, 3.05) is 0 Å². The molecular weight excluding hydrogens is 226 g/mol. The average Bonchev–Trinajstić information content (AvgIpc) is 2.82. The lowest BCUT2D eigenvalue weighted by molar-refractivity contribution is 0.380. The number of hydrogen-bond donors (Lipinski definition) is 1. The SMILES string of the molecule is Cc1nc(CNC2CCCc3ccccc32)no1. The average molecular weight is 243 g/mol. The molecule has 3 rings (SSSR count). The first-order valence-electron chi connectivity index (χ1n) is 6.43. The first kappa shape index (κ1) is 11.4. The molecule has 94 valence electrons. The Hall–Kier alpha value is -1.68. The van der Waals surface area contributed by atoms with E-state index in [1.807, 2.05) is 6.92 Å². The number of fused-ring (bicyclic) bond motifs is 1. The molecule has 1 atom stereocenters. The van der Waals surface area contributed by atoms with E-state index in [2.05, 4.69) is 39.7 Å². The number of benzene rings is 1. The quantitative estimate of drug-likeness (QED) is 0.900. The van der Waals surface area contributed by atoms with Crippen molar-refractivity contribution in [1.29, 1.82) is 0 Å². The Labute approximate surface area is 106 Å². The Morgan fingerprint density at radius 2 is 2.28 bits per heavy atom. The van der Waals surface area contributed by atoms with Crippen molar-refractivity contribution in [3.8, 4) is 0 Å². The molecule has 0 amide bonds. The predicted molar refractivity (Wildman–Crippen MR) is 68.0 cm³/mol. The maximum absolute atomic E-state index is 4.97. The van der Waals surface area contributed by atoms with Gasteiger partial charge in [0.25, 0.3) is 0 Å². The Kier molecular flexibility index (Phi) is 3.11. The van der Waals surface area contributed by atoms with E-state index in [9.17, 15) is 0 Å². The zero-order valence-corrected chi connectivity index (χ0v) is 10.5. The fourth-order valence-corrected chi connectivity index (χ4v) is 2.59. The summed E-state index contributed by atoms with van der Waals surface area (Å²) >= 11 is 0. The van der Waals surface area contributed by atoms with Gasteiger partial charge in [-0.15, -0.1) is 0 Å². The molecule has 0 saturated carbocycles. The van der Waals surface area contributed by atoms with Gasteiger partial charge in [0.15, 0.2) is 5.82 Å². The minimum atomic E-state index is 0.411. The molecule has 1 unspecified atom stereocenters. The van der Waals surface area contributed by atoms with E-state index in [0.717, 1.165) is 5.82 Å². The molecule has 4 nitrogen and oxygen atoms in total. The van der Waals surface area contributed by atoms with Crippen LogP contribution in [0.3, 0.4) is 0 Å². The third kappa shape index (κ3) is 2.29. The number of aryl methyl sites for hydroxylation is 2. The van der Waals surface area contributed by atoms with Crippen LogP contribution in [0.15, 0.2) is 28.8 Å². The van der Waals surface area contributed by atoms with Gasteiger partial charge in [0.05, 0.1) is 6.54 Å². The van der Waals surface area contributed by atoms with E-state index in [0.29, 0.717) is 18.5 Å². The monoisotopic (exact) mass is 243 g/mol. The van der Waals surface area contributed by atoms with Gasteiger partial charge in [0.2, 0.25) is 5.89 Å². The topological polar surface area (TPSA) is 51.0 Å². The second-order valence-corrected chi connectivity index (χ2v) is 4.75. The second-order valence-electron chi connectivity index (χ2n) is 4.75. The standard InChI is InChI=1S/C14H17N3O/c1-10-16-14(17-18-10)9-15-13-8-4-6-11-5-2-3-7-12(11)13/h2-3,5,7,13,15H,4,6,8-9H2,1H3. The van der Waals surface area contributed by atoms with E-state index in [1.165, 1.54) is 30.4 Å². The highest BCUT2D eigenvalue weighted by atomic mass is 16.5. The summed E-state index contributed by atoms with van der Waals surface area (Å²) in [5.41, 5.74) is 2.88. The summed E-state index contributed by atoms with van der Waals surface area (Å²) in [7, 11) is 0. The molecule has 1 aromatic heterocycles. The largest absolute Gasteiger partial charge is 0.340 e. The molecule has 1 aromatic carbocycles. The molecule has 18 heavy (non-hydrogen) atoms. The highest BCUT2D eigenvalue weighted by molar-refractivity contribution is 5.32. The molecule has 4 heteroatoms. The molecule has 1 N–H and O–H groups in total. The molecule has 0 spiro atoms. The lowest BCUT2D eigenvalue weighted by atomic mass is 9.88. The normalized spacial score (nSPS) is 18.6. The number of hydrogen-bond acceptors (Lipinski definition) is 4. The number of rotatable bonds is 3. The molecule has 1 aliphatic carbocycles. The third-order valence-electron chi connectivity index (χ3n) is 3.45. The van der Waals surface area contributed by atoms with Gasteiger partial charge in [0, 0.05) is 13.0 Å². The lowest BCUT2D eigenvalue weighted by Crippen LogP contribution is -2.25. The van der Waals surface area contributed by atoms with Gasteiger partial charge in [-0.3, -0.25) is 0 Å². The summed E-state index contributed by atoms with van der Waals surface area (Å²) in [6.45, 7) is 2.47. The van der Waals surface area contributed by atoms with E-state index in [4.69, 9.17) is 4.52 Å². The summed E-state index contributed by atoms with van der Waals surface area (Å²) in [6.07, 6.45) is 3.60. The molecular formula is C14H17N3O. The Morgan fingerprint density at radius 1 is 1.39 bits per heavy atom. The molecule has 2 aromatic rings. The van der Waals surface area contributed by atoms with Crippen molar-refractivity contribution in [3.63, 3.8) is 0 Å². The molecule has 1 heterocycles. The maximum Gasteiger partial charge on any atom is 0.223 e. The van der Waals surface area contributed by atoms with Gasteiger partial charge in [0.1, 0.15) is 0 Å². The van der Waals surface area contributed by atoms with Crippen molar-refractivity contribution in [2.45, 2.75) is 38.8 Å². The van der Waals surface area contributed by atoms with Crippen LogP contribution in [0.25, 0.3) is 0 Å². The zero-order valence-electron chi connectivity index (χ0n) is 10.5. The van der Waals surface area contributed by atoms with Crippen molar-refractivity contribution < 1.29 is 4.52 Å². The maximum atomic E-state index is 4.97. The minimum Gasteiger partial charge on any atom is -0.340 e. The van der Waals surface area contributed by atoms with E-state index in [-0.39, 0.29) is 0 Å². The summed E-state index contributed by atoms with van der Waals surface area (Å²) in [5.74, 6) is 1.35. The Bertz CT molecular complexity index is 535. The van der Waals surface area contributed by atoms with Crippen LogP contribution < -0.4 is 5.32 Å². The lowest BCUT2D eigenvalue weighted by Gasteiger charge is -2.25. The highest BCUT2D eigenvalue weighted by Crippen LogP contribution is 2.29. The number of aromatic nitrogens is 2. The van der Waals surface area contributed by atoms with Crippen molar-refractivity contribution in [2.24, 2.45) is 0 Å².